The van der Waals surface area contributed by atoms with Crippen LogP contribution >= 0.6 is 12.2 Å². The number of nitrogens with zero attached hydrogens (tertiary/aromatic N) is 2. The highest BCUT2D eigenvalue weighted by Crippen LogP contribution is 2.19. The monoisotopic (exact) mass is 237 g/mol. The van der Waals surface area contributed by atoms with Gasteiger partial charge in [0.2, 0.25) is 0 Å². The van der Waals surface area contributed by atoms with Crippen molar-refractivity contribution in [3.05, 3.63) is 24.0 Å². The van der Waals surface area contributed by atoms with Gasteiger partial charge < -0.3 is 15.4 Å². The van der Waals surface area contributed by atoms with Crippen molar-refractivity contribution in [1.82, 2.24) is 4.98 Å². The van der Waals surface area contributed by atoms with Gasteiger partial charge >= 0.3 is 0 Å². The lowest BCUT2D eigenvalue weighted by Crippen LogP contribution is -2.29. The van der Waals surface area contributed by atoms with Crippen LogP contribution in [0.3, 0.4) is 0 Å². The molecule has 1 fully saturated rings. The number of ether oxygens (including phenoxy) is 1. The molecular weight excluding hydrogens is 222 g/mol. The zero-order valence-corrected chi connectivity index (χ0v) is 9.87. The SMILES string of the molecule is NC(=S)c1ncccc1N1CCCOCC1. The maximum atomic E-state index is 5.67. The first-order valence-electron chi connectivity index (χ1n) is 5.36. The van der Waals surface area contributed by atoms with E-state index in [4.69, 9.17) is 22.7 Å². The quantitative estimate of drug-likeness (QED) is 0.776. The Morgan fingerprint density at radius 2 is 2.31 bits per heavy atom. The molecule has 0 atom stereocenters. The molecule has 0 radical (unpaired) electrons. The van der Waals surface area contributed by atoms with E-state index in [1.54, 1.807) is 6.20 Å². The first-order valence-corrected chi connectivity index (χ1v) is 5.77. The van der Waals surface area contributed by atoms with Gasteiger partial charge in [-0.05, 0) is 18.6 Å². The summed E-state index contributed by atoms with van der Waals surface area (Å²) in [5.41, 5.74) is 7.39. The Hall–Kier alpha value is -1.20. The molecule has 1 aliphatic heterocycles. The molecule has 2 rings (SSSR count). The van der Waals surface area contributed by atoms with E-state index in [0.29, 0.717) is 10.7 Å². The van der Waals surface area contributed by atoms with Gasteiger partial charge in [0.15, 0.2) is 0 Å². The lowest BCUT2D eigenvalue weighted by molar-refractivity contribution is 0.152. The zero-order valence-electron chi connectivity index (χ0n) is 9.06. The standard InChI is InChI=1S/C11H15N3OS/c12-11(16)10-9(3-1-4-13-10)14-5-2-7-15-8-6-14/h1,3-4H,2,5-8H2,(H2,12,16). The van der Waals surface area contributed by atoms with Gasteiger partial charge in [-0.2, -0.15) is 0 Å². The Morgan fingerprint density at radius 1 is 1.44 bits per heavy atom. The van der Waals surface area contributed by atoms with Gasteiger partial charge in [-0.3, -0.25) is 4.98 Å². The minimum Gasteiger partial charge on any atom is -0.388 e. The van der Waals surface area contributed by atoms with Crippen LogP contribution in [0.5, 0.6) is 0 Å². The summed E-state index contributed by atoms with van der Waals surface area (Å²) < 4.78 is 5.42. The summed E-state index contributed by atoms with van der Waals surface area (Å²) in [6.45, 7) is 3.38. The summed E-state index contributed by atoms with van der Waals surface area (Å²) in [4.78, 5) is 6.81. The summed E-state index contributed by atoms with van der Waals surface area (Å²) in [7, 11) is 0. The summed E-state index contributed by atoms with van der Waals surface area (Å²) >= 11 is 5.01. The number of hydrogen-bond acceptors (Lipinski definition) is 4. The number of hydrogen-bond donors (Lipinski definition) is 1. The van der Waals surface area contributed by atoms with Crippen molar-refractivity contribution in [1.29, 1.82) is 0 Å². The highest BCUT2D eigenvalue weighted by Gasteiger charge is 2.15. The first-order chi connectivity index (χ1) is 7.79. The van der Waals surface area contributed by atoms with E-state index in [1.165, 1.54) is 0 Å². The van der Waals surface area contributed by atoms with Gasteiger partial charge in [-0.1, -0.05) is 12.2 Å². The Bertz CT molecular complexity index is 375. The molecule has 0 amide bonds. The van der Waals surface area contributed by atoms with E-state index >= 15 is 0 Å². The third kappa shape index (κ3) is 2.48. The molecule has 0 unspecified atom stereocenters. The molecule has 0 aromatic carbocycles. The van der Waals surface area contributed by atoms with Crippen LogP contribution in [0.2, 0.25) is 0 Å². The summed E-state index contributed by atoms with van der Waals surface area (Å²) in [5, 5.41) is 0. The molecule has 0 spiro atoms. The third-order valence-corrected chi connectivity index (χ3v) is 2.78. The average molecular weight is 237 g/mol. The minimum absolute atomic E-state index is 0.348. The van der Waals surface area contributed by atoms with Crippen molar-refractivity contribution in [3.8, 4) is 0 Å². The summed E-state index contributed by atoms with van der Waals surface area (Å²) in [6.07, 6.45) is 2.73. The van der Waals surface area contributed by atoms with Crippen LogP contribution in [0.1, 0.15) is 12.1 Å². The number of thiocarbonyl (C=S) groups is 1. The van der Waals surface area contributed by atoms with E-state index < -0.39 is 0 Å². The fourth-order valence-corrected chi connectivity index (χ4v) is 1.99. The largest absolute Gasteiger partial charge is 0.388 e. The van der Waals surface area contributed by atoms with Crippen molar-refractivity contribution >= 4 is 22.9 Å². The first kappa shape index (κ1) is 11.3. The highest BCUT2D eigenvalue weighted by molar-refractivity contribution is 7.80. The Morgan fingerprint density at radius 3 is 3.12 bits per heavy atom. The van der Waals surface area contributed by atoms with E-state index in [1.807, 2.05) is 12.1 Å². The predicted molar refractivity (Wildman–Crippen MR) is 67.8 cm³/mol. The maximum Gasteiger partial charge on any atom is 0.124 e. The molecule has 0 bridgehead atoms. The summed E-state index contributed by atoms with van der Waals surface area (Å²) in [6, 6.07) is 3.91. The van der Waals surface area contributed by atoms with Crippen molar-refractivity contribution in [3.63, 3.8) is 0 Å². The van der Waals surface area contributed by atoms with E-state index in [0.717, 1.165) is 38.4 Å². The number of anilines is 1. The fourth-order valence-electron chi connectivity index (χ4n) is 1.83. The molecule has 4 nitrogen and oxygen atoms in total. The summed E-state index contributed by atoms with van der Waals surface area (Å²) in [5.74, 6) is 0. The smallest absolute Gasteiger partial charge is 0.124 e. The molecule has 2 N–H and O–H groups in total. The van der Waals surface area contributed by atoms with Crippen LogP contribution < -0.4 is 10.6 Å². The van der Waals surface area contributed by atoms with Crippen LogP contribution in [0.4, 0.5) is 5.69 Å². The molecule has 1 aromatic rings. The number of nitrogens with two attached hydrogens (primary N) is 1. The van der Waals surface area contributed by atoms with Crippen LogP contribution in [0.25, 0.3) is 0 Å². The van der Waals surface area contributed by atoms with Gasteiger partial charge in [-0.25, -0.2) is 0 Å². The van der Waals surface area contributed by atoms with Crippen LogP contribution in [0, 0.1) is 0 Å². The van der Waals surface area contributed by atoms with E-state index in [9.17, 15) is 0 Å². The zero-order chi connectivity index (χ0) is 11.4. The second-order valence-electron chi connectivity index (χ2n) is 3.69. The van der Waals surface area contributed by atoms with E-state index in [-0.39, 0.29) is 0 Å². The molecule has 1 aromatic heterocycles. The maximum absolute atomic E-state index is 5.67. The molecule has 5 heteroatoms. The molecule has 0 aliphatic carbocycles. The Kier molecular flexibility index (Phi) is 3.69. The lowest BCUT2D eigenvalue weighted by atomic mass is 10.2. The average Bonchev–Trinajstić information content (AvgIpc) is 2.57. The number of pyridine rings is 1. The van der Waals surface area contributed by atoms with Crippen molar-refractivity contribution in [2.24, 2.45) is 5.73 Å². The second-order valence-corrected chi connectivity index (χ2v) is 4.13. The van der Waals surface area contributed by atoms with Crippen molar-refractivity contribution in [2.75, 3.05) is 31.2 Å². The van der Waals surface area contributed by atoms with Crippen LogP contribution in [-0.2, 0) is 4.74 Å². The van der Waals surface area contributed by atoms with Gasteiger partial charge in [0.1, 0.15) is 10.7 Å². The Balaban J connectivity index is 2.27. The van der Waals surface area contributed by atoms with Gasteiger partial charge in [0.25, 0.3) is 0 Å². The van der Waals surface area contributed by atoms with Gasteiger partial charge in [-0.15, -0.1) is 0 Å². The molecule has 1 saturated heterocycles. The highest BCUT2D eigenvalue weighted by atomic mass is 32.1. The molecule has 0 saturated carbocycles. The fraction of sp³-hybridized carbons (Fsp3) is 0.455. The molecule has 2 heterocycles. The number of aromatic nitrogens is 1. The lowest BCUT2D eigenvalue weighted by Gasteiger charge is -2.23. The van der Waals surface area contributed by atoms with Crippen molar-refractivity contribution < 1.29 is 4.74 Å². The molecular formula is C11H15N3OS. The topological polar surface area (TPSA) is 51.4 Å². The normalized spacial score (nSPS) is 16.9. The van der Waals surface area contributed by atoms with Crippen molar-refractivity contribution in [2.45, 2.75) is 6.42 Å². The minimum atomic E-state index is 0.348. The van der Waals surface area contributed by atoms with Gasteiger partial charge in [0, 0.05) is 25.9 Å². The predicted octanol–water partition coefficient (Wildman–Crippen LogP) is 0.942. The molecule has 16 heavy (non-hydrogen) atoms. The van der Waals surface area contributed by atoms with Crippen LogP contribution in [-0.4, -0.2) is 36.3 Å². The number of rotatable bonds is 2. The molecule has 86 valence electrons. The second kappa shape index (κ2) is 5.23. The molecule has 1 aliphatic rings. The van der Waals surface area contributed by atoms with Gasteiger partial charge in [0.05, 0.1) is 12.3 Å². The van der Waals surface area contributed by atoms with E-state index in [2.05, 4.69) is 9.88 Å². The third-order valence-electron chi connectivity index (χ3n) is 2.58. The Labute approximate surface area is 100 Å². The van der Waals surface area contributed by atoms with Crippen LogP contribution in [0.15, 0.2) is 18.3 Å².